The summed E-state index contributed by atoms with van der Waals surface area (Å²) in [6.07, 6.45) is 2.32. The Labute approximate surface area is 156 Å². The topological polar surface area (TPSA) is 54.8 Å². The Morgan fingerprint density at radius 2 is 2.12 bits per heavy atom. The summed E-state index contributed by atoms with van der Waals surface area (Å²) in [5.74, 6) is 0.904. The first-order valence-electron chi connectivity index (χ1n) is 8.91. The lowest BCUT2D eigenvalue weighted by Gasteiger charge is -2.35. The van der Waals surface area contributed by atoms with Gasteiger partial charge < -0.3 is 14.6 Å². The Kier molecular flexibility index (Phi) is 5.11. The second kappa shape index (κ2) is 7.50. The quantitative estimate of drug-likeness (QED) is 0.867. The van der Waals surface area contributed by atoms with E-state index in [1.807, 2.05) is 11.7 Å². The van der Waals surface area contributed by atoms with Crippen LogP contribution in [0.4, 0.5) is 4.39 Å². The van der Waals surface area contributed by atoms with Crippen LogP contribution in [-0.2, 0) is 6.54 Å². The highest BCUT2D eigenvalue weighted by molar-refractivity contribution is 7.09. The number of aliphatic hydroxyl groups is 1. The van der Waals surface area contributed by atoms with Gasteiger partial charge in [0.25, 0.3) is 0 Å². The Bertz CT molecular complexity index is 742. The Hall–Kier alpha value is -1.70. The molecule has 140 valence electrons. The number of para-hydroxylation sites is 1. The molecule has 1 saturated carbocycles. The Morgan fingerprint density at radius 3 is 2.85 bits per heavy atom. The van der Waals surface area contributed by atoms with Crippen molar-refractivity contribution in [1.82, 2.24) is 9.88 Å². The summed E-state index contributed by atoms with van der Waals surface area (Å²) in [4.78, 5) is 7.81. The molecule has 0 radical (unpaired) electrons. The van der Waals surface area contributed by atoms with E-state index in [0.717, 1.165) is 26.1 Å². The number of likely N-dealkylation sites (tertiary alicyclic amines) is 1. The van der Waals surface area contributed by atoms with Gasteiger partial charge in [0.05, 0.1) is 18.7 Å². The molecule has 1 aliphatic heterocycles. The van der Waals surface area contributed by atoms with Gasteiger partial charge >= 0.3 is 0 Å². The van der Waals surface area contributed by atoms with Gasteiger partial charge in [-0.25, -0.2) is 4.39 Å². The summed E-state index contributed by atoms with van der Waals surface area (Å²) in [5, 5.41) is 10.6. The molecule has 1 N–H and O–H groups in total. The molecule has 0 bridgehead atoms. The minimum atomic E-state index is -0.594. The van der Waals surface area contributed by atoms with E-state index < -0.39 is 18.0 Å². The highest BCUT2D eigenvalue weighted by atomic mass is 32.1. The van der Waals surface area contributed by atoms with Crippen molar-refractivity contribution in [3.8, 4) is 11.5 Å². The number of methoxy groups -OCH3 is 1. The number of ether oxygens (including phenoxy) is 2. The zero-order valence-corrected chi connectivity index (χ0v) is 15.5. The zero-order valence-electron chi connectivity index (χ0n) is 14.7. The van der Waals surface area contributed by atoms with Crippen LogP contribution in [0.2, 0.25) is 0 Å². The van der Waals surface area contributed by atoms with Gasteiger partial charge in [-0.15, -0.1) is 11.3 Å². The number of halogens is 1. The predicted molar refractivity (Wildman–Crippen MR) is 97.0 cm³/mol. The first kappa shape index (κ1) is 17.7. The van der Waals surface area contributed by atoms with Gasteiger partial charge in [0.15, 0.2) is 17.3 Å². The van der Waals surface area contributed by atoms with Gasteiger partial charge in [0.2, 0.25) is 0 Å². The summed E-state index contributed by atoms with van der Waals surface area (Å²) in [7, 11) is 1.49. The van der Waals surface area contributed by atoms with Crippen molar-refractivity contribution in [1.29, 1.82) is 0 Å². The Balaban J connectivity index is 1.43. The summed E-state index contributed by atoms with van der Waals surface area (Å²) in [6.45, 7) is 2.86. The molecule has 2 aromatic rings. The van der Waals surface area contributed by atoms with Crippen LogP contribution >= 0.6 is 11.3 Å². The number of aromatic nitrogens is 1. The van der Waals surface area contributed by atoms with E-state index in [1.165, 1.54) is 18.1 Å². The van der Waals surface area contributed by atoms with E-state index in [4.69, 9.17) is 9.47 Å². The average molecular weight is 378 g/mol. The highest BCUT2D eigenvalue weighted by Crippen LogP contribution is 2.40. The van der Waals surface area contributed by atoms with Gasteiger partial charge in [-0.05, 0) is 36.8 Å². The van der Waals surface area contributed by atoms with Crippen LogP contribution in [-0.4, -0.2) is 47.4 Å². The van der Waals surface area contributed by atoms with Crippen molar-refractivity contribution >= 4 is 11.3 Å². The fraction of sp³-hybridized carbons (Fsp3) is 0.526. The van der Waals surface area contributed by atoms with E-state index in [-0.39, 0.29) is 5.75 Å². The average Bonchev–Trinajstić information content (AvgIpc) is 3.26. The smallest absolute Gasteiger partial charge is 0.197 e. The fourth-order valence-corrected chi connectivity index (χ4v) is 4.84. The van der Waals surface area contributed by atoms with Crippen molar-refractivity contribution in [2.24, 2.45) is 11.8 Å². The molecule has 4 atom stereocenters. The highest BCUT2D eigenvalue weighted by Gasteiger charge is 2.43. The van der Waals surface area contributed by atoms with Crippen molar-refractivity contribution in [3.05, 3.63) is 40.6 Å². The molecule has 0 unspecified atom stereocenters. The van der Waals surface area contributed by atoms with Crippen LogP contribution in [0.1, 0.15) is 17.7 Å². The van der Waals surface area contributed by atoms with Crippen LogP contribution in [0.15, 0.2) is 29.9 Å². The lowest BCUT2D eigenvalue weighted by Crippen LogP contribution is -2.42. The molecule has 2 heterocycles. The summed E-state index contributed by atoms with van der Waals surface area (Å²) >= 11 is 1.67. The van der Waals surface area contributed by atoms with E-state index >= 15 is 0 Å². The number of nitrogens with zero attached hydrogens (tertiary/aromatic N) is 2. The van der Waals surface area contributed by atoms with Gasteiger partial charge in [-0.3, -0.25) is 9.88 Å². The molecular weight excluding hydrogens is 355 g/mol. The van der Waals surface area contributed by atoms with Crippen molar-refractivity contribution in [3.63, 3.8) is 0 Å². The number of aliphatic hydroxyl groups excluding tert-OH is 1. The minimum Gasteiger partial charge on any atom is -0.493 e. The zero-order chi connectivity index (χ0) is 18.1. The van der Waals surface area contributed by atoms with Gasteiger partial charge in [-0.2, -0.15) is 0 Å². The molecule has 2 aliphatic rings. The van der Waals surface area contributed by atoms with Crippen molar-refractivity contribution < 1.29 is 19.0 Å². The normalized spacial score (nSPS) is 28.7. The van der Waals surface area contributed by atoms with Crippen molar-refractivity contribution in [2.45, 2.75) is 31.6 Å². The molecule has 1 aliphatic carbocycles. The molecule has 5 nitrogen and oxygen atoms in total. The first-order chi connectivity index (χ1) is 12.6. The molecule has 4 rings (SSSR count). The van der Waals surface area contributed by atoms with Gasteiger partial charge in [-0.1, -0.05) is 6.07 Å². The minimum absolute atomic E-state index is 0.0945. The summed E-state index contributed by atoms with van der Waals surface area (Å²) in [6, 6.07) is 4.60. The maximum Gasteiger partial charge on any atom is 0.197 e. The first-order valence-corrected chi connectivity index (χ1v) is 9.79. The third-order valence-corrected chi connectivity index (χ3v) is 6.21. The number of benzene rings is 1. The lowest BCUT2D eigenvalue weighted by atomic mass is 9.78. The third-order valence-electron chi connectivity index (χ3n) is 5.44. The number of thiazole rings is 1. The van der Waals surface area contributed by atoms with Crippen LogP contribution < -0.4 is 9.47 Å². The monoisotopic (exact) mass is 378 g/mol. The second-order valence-electron chi connectivity index (χ2n) is 7.15. The molecule has 1 aromatic heterocycles. The summed E-state index contributed by atoms with van der Waals surface area (Å²) in [5.41, 5.74) is 1.86. The summed E-state index contributed by atoms with van der Waals surface area (Å²) < 4.78 is 25.3. The van der Waals surface area contributed by atoms with Crippen LogP contribution in [0.3, 0.4) is 0 Å². The molecule has 0 amide bonds. The maximum absolute atomic E-state index is 14.2. The van der Waals surface area contributed by atoms with Crippen LogP contribution in [0, 0.1) is 17.7 Å². The number of hydrogen-bond donors (Lipinski definition) is 1. The maximum atomic E-state index is 14.2. The SMILES string of the molecule is COc1cccc(F)c1O[C@@H]1C[C@@H]2CN(Cc3cncs3)C[C@@H]2C[C@H]1O. The standard InChI is InChI=1S/C19H23FN2O3S/c1-24-17-4-2-3-15(20)19(17)25-18-6-13-9-22(8-12(13)5-16(18)23)10-14-7-21-11-26-14/h2-4,7,11-13,16,18,23H,5-6,8-10H2,1H3/t12-,13+,16+,18+/m0/s1. The molecule has 1 aromatic carbocycles. The van der Waals surface area contributed by atoms with Gasteiger partial charge in [0.1, 0.15) is 6.10 Å². The molecule has 0 spiro atoms. The van der Waals surface area contributed by atoms with Crippen LogP contribution in [0.5, 0.6) is 11.5 Å². The predicted octanol–water partition coefficient (Wildman–Crippen LogP) is 2.94. The number of rotatable bonds is 5. The van der Waals surface area contributed by atoms with E-state index in [1.54, 1.807) is 23.5 Å². The molecule has 1 saturated heterocycles. The molecule has 26 heavy (non-hydrogen) atoms. The Morgan fingerprint density at radius 1 is 1.31 bits per heavy atom. The third kappa shape index (κ3) is 3.56. The van der Waals surface area contributed by atoms with E-state index in [0.29, 0.717) is 24.0 Å². The molecule has 7 heteroatoms. The molecular formula is C19H23FN2O3S. The van der Waals surface area contributed by atoms with Crippen LogP contribution in [0.25, 0.3) is 0 Å². The fourth-order valence-electron chi connectivity index (χ4n) is 4.20. The lowest BCUT2D eigenvalue weighted by molar-refractivity contribution is -0.0256. The van der Waals surface area contributed by atoms with Gasteiger partial charge in [0, 0.05) is 30.7 Å². The van der Waals surface area contributed by atoms with E-state index in [2.05, 4.69) is 9.88 Å². The second-order valence-corrected chi connectivity index (χ2v) is 8.12. The number of fused-ring (bicyclic) bond motifs is 1. The number of hydrogen-bond acceptors (Lipinski definition) is 6. The van der Waals surface area contributed by atoms with Crippen molar-refractivity contribution in [2.75, 3.05) is 20.2 Å². The van der Waals surface area contributed by atoms with E-state index in [9.17, 15) is 9.50 Å². The molecule has 2 fully saturated rings. The largest absolute Gasteiger partial charge is 0.493 e.